The largest absolute Gasteiger partial charge is 0.355 e. The van der Waals surface area contributed by atoms with E-state index in [1.54, 1.807) is 80.0 Å². The van der Waals surface area contributed by atoms with E-state index in [0.717, 1.165) is 11.1 Å². The summed E-state index contributed by atoms with van der Waals surface area (Å²) in [7, 11) is -2.12. The lowest BCUT2D eigenvalue weighted by molar-refractivity contribution is 0.0964. The molecule has 4 aromatic rings. The molecule has 0 bridgehead atoms. The van der Waals surface area contributed by atoms with E-state index < -0.39 is 10.0 Å². The minimum atomic E-state index is -3.68. The van der Waals surface area contributed by atoms with Crippen molar-refractivity contribution in [2.45, 2.75) is 11.8 Å². The van der Waals surface area contributed by atoms with Gasteiger partial charge in [0.25, 0.3) is 15.9 Å². The number of hydrogen-bond donors (Lipinski definition) is 2. The average molecular weight is 433 g/mol. The first-order valence-electron chi connectivity index (χ1n) is 9.55. The lowest BCUT2D eigenvalue weighted by Crippen LogP contribution is -2.18. The van der Waals surface area contributed by atoms with Crippen molar-refractivity contribution in [2.75, 3.05) is 11.8 Å². The predicted octanol–water partition coefficient (Wildman–Crippen LogP) is 3.77. The summed E-state index contributed by atoms with van der Waals surface area (Å²) in [5.74, 6) is -0.255. The number of nitrogens with one attached hydrogen (secondary N) is 2. The predicted molar refractivity (Wildman–Crippen MR) is 120 cm³/mol. The van der Waals surface area contributed by atoms with E-state index in [4.69, 9.17) is 0 Å². The SMILES string of the molecule is CNC(=O)c1cc(-c2ccc(NS(=O)(=O)c3ccc(C)cc3)cc2)nc2cccnc12. The fraction of sp³-hybridized carbons (Fsp3) is 0.0870. The van der Waals surface area contributed by atoms with Gasteiger partial charge in [-0.15, -0.1) is 0 Å². The molecule has 0 aliphatic heterocycles. The number of rotatable bonds is 5. The fourth-order valence-corrected chi connectivity index (χ4v) is 4.22. The number of carbonyl (C=O) groups is 1. The van der Waals surface area contributed by atoms with E-state index in [0.29, 0.717) is 28.0 Å². The lowest BCUT2D eigenvalue weighted by atomic mass is 10.1. The van der Waals surface area contributed by atoms with Gasteiger partial charge in [-0.2, -0.15) is 0 Å². The summed E-state index contributed by atoms with van der Waals surface area (Å²) in [4.78, 5) is 21.4. The number of aryl methyl sites for hydroxylation is 1. The van der Waals surface area contributed by atoms with Gasteiger partial charge in [-0.3, -0.25) is 14.5 Å². The van der Waals surface area contributed by atoms with Crippen LogP contribution in [0.3, 0.4) is 0 Å². The van der Waals surface area contributed by atoms with Gasteiger partial charge in [0, 0.05) is 24.5 Å². The van der Waals surface area contributed by atoms with Crippen LogP contribution < -0.4 is 10.0 Å². The zero-order chi connectivity index (χ0) is 22.0. The summed E-state index contributed by atoms with van der Waals surface area (Å²) in [5, 5.41) is 2.62. The number of anilines is 1. The molecular formula is C23H20N4O3S. The quantitative estimate of drug-likeness (QED) is 0.500. The molecule has 0 unspecified atom stereocenters. The minimum Gasteiger partial charge on any atom is -0.355 e. The van der Waals surface area contributed by atoms with Crippen molar-refractivity contribution in [1.82, 2.24) is 15.3 Å². The molecule has 7 nitrogen and oxygen atoms in total. The Balaban J connectivity index is 1.66. The first-order chi connectivity index (χ1) is 14.9. The van der Waals surface area contributed by atoms with Gasteiger partial charge >= 0.3 is 0 Å². The molecule has 0 radical (unpaired) electrons. The number of amides is 1. The molecule has 156 valence electrons. The second-order valence-electron chi connectivity index (χ2n) is 7.00. The zero-order valence-electron chi connectivity index (χ0n) is 17.0. The number of sulfonamides is 1. The highest BCUT2D eigenvalue weighted by Gasteiger charge is 2.16. The van der Waals surface area contributed by atoms with Crippen LogP contribution in [0.15, 0.2) is 77.8 Å². The number of pyridine rings is 2. The smallest absolute Gasteiger partial charge is 0.261 e. The Morgan fingerprint density at radius 1 is 0.968 bits per heavy atom. The third-order valence-corrected chi connectivity index (χ3v) is 6.20. The van der Waals surface area contributed by atoms with Gasteiger partial charge in [-0.1, -0.05) is 29.8 Å². The first kappa shape index (κ1) is 20.5. The van der Waals surface area contributed by atoms with Crippen molar-refractivity contribution < 1.29 is 13.2 Å². The zero-order valence-corrected chi connectivity index (χ0v) is 17.8. The van der Waals surface area contributed by atoms with Gasteiger partial charge < -0.3 is 5.32 Å². The van der Waals surface area contributed by atoms with Gasteiger partial charge in [0.2, 0.25) is 0 Å². The second kappa shape index (κ2) is 8.16. The highest BCUT2D eigenvalue weighted by Crippen LogP contribution is 2.26. The molecule has 4 rings (SSSR count). The maximum Gasteiger partial charge on any atom is 0.261 e. The molecule has 0 saturated heterocycles. The Kier molecular flexibility index (Phi) is 5.39. The molecule has 8 heteroatoms. The monoisotopic (exact) mass is 432 g/mol. The van der Waals surface area contributed by atoms with E-state index in [1.807, 2.05) is 6.92 Å². The van der Waals surface area contributed by atoms with Crippen LogP contribution in [-0.4, -0.2) is 31.3 Å². The van der Waals surface area contributed by atoms with Gasteiger partial charge in [-0.05, 0) is 49.4 Å². The van der Waals surface area contributed by atoms with Gasteiger partial charge in [-0.25, -0.2) is 13.4 Å². The van der Waals surface area contributed by atoms with Crippen LogP contribution in [0, 0.1) is 6.92 Å². The summed E-state index contributed by atoms with van der Waals surface area (Å²) in [6, 6.07) is 18.7. The molecule has 1 amide bonds. The molecule has 0 fully saturated rings. The Bertz CT molecular complexity index is 1370. The van der Waals surface area contributed by atoms with E-state index in [9.17, 15) is 13.2 Å². The molecule has 2 heterocycles. The van der Waals surface area contributed by atoms with Crippen LogP contribution in [0.4, 0.5) is 5.69 Å². The van der Waals surface area contributed by atoms with E-state index in [1.165, 1.54) is 0 Å². The maximum absolute atomic E-state index is 12.6. The summed E-state index contributed by atoms with van der Waals surface area (Å²) < 4.78 is 27.8. The molecule has 2 aromatic heterocycles. The van der Waals surface area contributed by atoms with Crippen molar-refractivity contribution >= 4 is 32.7 Å². The van der Waals surface area contributed by atoms with Crippen molar-refractivity contribution in [1.29, 1.82) is 0 Å². The van der Waals surface area contributed by atoms with Crippen molar-refractivity contribution in [3.05, 3.63) is 84.1 Å². The van der Waals surface area contributed by atoms with Crippen molar-refractivity contribution in [3.63, 3.8) is 0 Å². The third-order valence-electron chi connectivity index (χ3n) is 4.80. The van der Waals surface area contributed by atoms with Crippen LogP contribution in [0.25, 0.3) is 22.3 Å². The van der Waals surface area contributed by atoms with Crippen LogP contribution >= 0.6 is 0 Å². The third kappa shape index (κ3) is 4.24. The molecule has 31 heavy (non-hydrogen) atoms. The molecule has 0 aliphatic carbocycles. The standard InChI is InChI=1S/C23H20N4O3S/c1-15-5-11-18(12-6-15)31(29,30)27-17-9-7-16(8-10-17)21-14-19(23(28)24-2)22-20(26-21)4-3-13-25-22/h3-14,27H,1-2H3,(H,24,28). The Hall–Kier alpha value is -3.78. The van der Waals surface area contributed by atoms with Crippen LogP contribution in [0.2, 0.25) is 0 Å². The Labute approximate surface area is 180 Å². The van der Waals surface area contributed by atoms with Gasteiger partial charge in [0.15, 0.2) is 0 Å². The maximum atomic E-state index is 12.6. The topological polar surface area (TPSA) is 101 Å². The molecule has 0 aliphatic rings. The van der Waals surface area contributed by atoms with Crippen LogP contribution in [0.1, 0.15) is 15.9 Å². The Morgan fingerprint density at radius 2 is 1.68 bits per heavy atom. The molecule has 2 aromatic carbocycles. The van der Waals surface area contributed by atoms with Crippen molar-refractivity contribution in [2.24, 2.45) is 0 Å². The normalized spacial score (nSPS) is 11.3. The van der Waals surface area contributed by atoms with E-state index >= 15 is 0 Å². The number of hydrogen-bond acceptors (Lipinski definition) is 5. The highest BCUT2D eigenvalue weighted by molar-refractivity contribution is 7.92. The van der Waals surface area contributed by atoms with Crippen LogP contribution in [0.5, 0.6) is 0 Å². The molecule has 0 saturated carbocycles. The first-order valence-corrected chi connectivity index (χ1v) is 11.0. The molecule has 0 atom stereocenters. The average Bonchev–Trinajstić information content (AvgIpc) is 2.78. The second-order valence-corrected chi connectivity index (χ2v) is 8.68. The summed E-state index contributed by atoms with van der Waals surface area (Å²) >= 11 is 0. The van der Waals surface area contributed by atoms with Gasteiger partial charge in [0.05, 0.1) is 21.7 Å². The number of benzene rings is 2. The molecule has 0 spiro atoms. The highest BCUT2D eigenvalue weighted by atomic mass is 32.2. The minimum absolute atomic E-state index is 0.195. The number of nitrogens with zero attached hydrogens (tertiary/aromatic N) is 2. The number of aromatic nitrogens is 2. The lowest BCUT2D eigenvalue weighted by Gasteiger charge is -2.10. The van der Waals surface area contributed by atoms with Crippen molar-refractivity contribution in [3.8, 4) is 11.3 Å². The van der Waals surface area contributed by atoms with E-state index in [2.05, 4.69) is 20.0 Å². The summed E-state index contributed by atoms with van der Waals surface area (Å²) in [6.45, 7) is 1.90. The number of carbonyl (C=O) groups excluding carboxylic acids is 1. The molecular weight excluding hydrogens is 412 g/mol. The fourth-order valence-electron chi connectivity index (χ4n) is 3.16. The Morgan fingerprint density at radius 3 is 2.35 bits per heavy atom. The van der Waals surface area contributed by atoms with E-state index in [-0.39, 0.29) is 10.8 Å². The summed E-state index contributed by atoms with van der Waals surface area (Å²) in [6.07, 6.45) is 1.62. The number of fused-ring (bicyclic) bond motifs is 1. The van der Waals surface area contributed by atoms with Crippen LogP contribution in [-0.2, 0) is 10.0 Å². The van der Waals surface area contributed by atoms with Gasteiger partial charge in [0.1, 0.15) is 5.52 Å². The molecule has 2 N–H and O–H groups in total. The summed E-state index contributed by atoms with van der Waals surface area (Å²) in [5.41, 5.74) is 4.29.